The lowest BCUT2D eigenvalue weighted by molar-refractivity contribution is -0.274. The van der Waals surface area contributed by atoms with Gasteiger partial charge in [-0.1, -0.05) is 42.7 Å². The van der Waals surface area contributed by atoms with E-state index in [-0.39, 0.29) is 13.2 Å². The lowest BCUT2D eigenvalue weighted by Crippen LogP contribution is -2.40. The molecule has 1 atom stereocenters. The monoisotopic (exact) mass is 663 g/mol. The number of amides is 1. The fourth-order valence-corrected chi connectivity index (χ4v) is 5.23. The number of fused-ring (bicyclic) bond motifs is 1. The number of halogens is 4. The van der Waals surface area contributed by atoms with E-state index in [9.17, 15) is 23.1 Å². The average molecular weight is 664 g/mol. The third-order valence-electron chi connectivity index (χ3n) is 7.48. The number of anilines is 2. The van der Waals surface area contributed by atoms with Gasteiger partial charge in [-0.15, -0.1) is 13.2 Å². The van der Waals surface area contributed by atoms with Crippen molar-refractivity contribution in [3.8, 4) is 17.2 Å². The van der Waals surface area contributed by atoms with Gasteiger partial charge < -0.3 is 34.4 Å². The van der Waals surface area contributed by atoms with Gasteiger partial charge in [0.1, 0.15) is 23.3 Å². The number of hydrogen-bond acceptors (Lipinski definition) is 8. The Balaban J connectivity index is 1.81. The van der Waals surface area contributed by atoms with Gasteiger partial charge in [-0.25, -0.2) is 0 Å². The molecule has 248 valence electrons. The SMILES string of the molecule is COc1cc(NC(C(=O)N2CC(C)(C)c3ccc(OC(F)(F)F)cc32)c2ccc(Cl)cc2OC)cc(/C(C)=N/OC(C)(C)CO)c1. The summed E-state index contributed by atoms with van der Waals surface area (Å²) in [6.07, 6.45) is -4.90. The number of nitrogens with one attached hydrogen (secondary N) is 1. The highest BCUT2D eigenvalue weighted by molar-refractivity contribution is 6.30. The highest BCUT2D eigenvalue weighted by Crippen LogP contribution is 2.45. The number of carbonyl (C=O) groups is 1. The Morgan fingerprint density at radius 2 is 1.78 bits per heavy atom. The predicted octanol–water partition coefficient (Wildman–Crippen LogP) is 7.24. The van der Waals surface area contributed by atoms with Gasteiger partial charge in [-0.3, -0.25) is 4.79 Å². The molecule has 0 saturated carbocycles. The van der Waals surface area contributed by atoms with Crippen LogP contribution in [0, 0.1) is 0 Å². The Kier molecular flexibility index (Phi) is 10.0. The van der Waals surface area contributed by atoms with E-state index in [0.29, 0.717) is 50.3 Å². The third kappa shape index (κ3) is 7.97. The van der Waals surface area contributed by atoms with Crippen molar-refractivity contribution in [2.45, 2.75) is 58.0 Å². The number of nitrogens with zero attached hydrogens (tertiary/aromatic N) is 2. The highest BCUT2D eigenvalue weighted by Gasteiger charge is 2.42. The van der Waals surface area contributed by atoms with Crippen LogP contribution < -0.4 is 24.4 Å². The Bertz CT molecular complexity index is 1630. The maximum Gasteiger partial charge on any atom is 0.573 e. The number of aliphatic hydroxyl groups excluding tert-OH is 1. The van der Waals surface area contributed by atoms with Crippen LogP contribution in [0.25, 0.3) is 0 Å². The molecule has 3 aromatic carbocycles. The number of hydrogen-bond donors (Lipinski definition) is 2. The molecule has 46 heavy (non-hydrogen) atoms. The molecule has 1 unspecified atom stereocenters. The first-order valence-corrected chi connectivity index (χ1v) is 14.7. The van der Waals surface area contributed by atoms with Crippen LogP contribution in [-0.2, 0) is 15.0 Å². The molecule has 0 saturated heterocycles. The van der Waals surface area contributed by atoms with E-state index in [1.165, 1.54) is 31.3 Å². The number of methoxy groups -OCH3 is 2. The minimum Gasteiger partial charge on any atom is -0.497 e. The molecular weight excluding hydrogens is 627 g/mol. The van der Waals surface area contributed by atoms with Gasteiger partial charge in [0.05, 0.1) is 32.2 Å². The van der Waals surface area contributed by atoms with Crippen molar-refractivity contribution < 1.29 is 42.1 Å². The number of oxime groups is 1. The lowest BCUT2D eigenvalue weighted by atomic mass is 9.87. The summed E-state index contributed by atoms with van der Waals surface area (Å²) in [6.45, 7) is 8.86. The van der Waals surface area contributed by atoms with Crippen LogP contribution in [-0.4, -0.2) is 56.1 Å². The molecule has 0 aromatic heterocycles. The topological polar surface area (TPSA) is 102 Å². The molecule has 3 aromatic rings. The van der Waals surface area contributed by atoms with Gasteiger partial charge in [0.25, 0.3) is 5.91 Å². The molecule has 1 aliphatic heterocycles. The Labute approximate surface area is 270 Å². The lowest BCUT2D eigenvalue weighted by Gasteiger charge is -2.28. The summed E-state index contributed by atoms with van der Waals surface area (Å²) in [5.41, 5.74) is 1.49. The van der Waals surface area contributed by atoms with Crippen LogP contribution in [0.2, 0.25) is 5.02 Å². The molecule has 0 bridgehead atoms. The van der Waals surface area contributed by atoms with Crippen molar-refractivity contribution in [3.05, 3.63) is 76.3 Å². The van der Waals surface area contributed by atoms with Crippen molar-refractivity contribution in [3.63, 3.8) is 0 Å². The quantitative estimate of drug-likeness (QED) is 0.165. The average Bonchev–Trinajstić information content (AvgIpc) is 3.26. The molecule has 1 heterocycles. The Morgan fingerprint density at radius 1 is 1.07 bits per heavy atom. The number of aliphatic hydroxyl groups is 1. The molecule has 9 nitrogen and oxygen atoms in total. The summed E-state index contributed by atoms with van der Waals surface area (Å²) < 4.78 is 54.6. The summed E-state index contributed by atoms with van der Waals surface area (Å²) in [7, 11) is 2.94. The van der Waals surface area contributed by atoms with Crippen molar-refractivity contribution in [1.29, 1.82) is 0 Å². The van der Waals surface area contributed by atoms with E-state index in [1.54, 1.807) is 63.2 Å². The van der Waals surface area contributed by atoms with E-state index in [0.717, 1.165) is 0 Å². The summed E-state index contributed by atoms with van der Waals surface area (Å²) in [4.78, 5) is 21.5. The maximum absolute atomic E-state index is 14.6. The second-order valence-electron chi connectivity index (χ2n) is 12.1. The molecular formula is C33H37ClF3N3O6. The predicted molar refractivity (Wildman–Crippen MR) is 170 cm³/mol. The number of benzene rings is 3. The zero-order valence-electron chi connectivity index (χ0n) is 26.6. The summed E-state index contributed by atoms with van der Waals surface area (Å²) in [5.74, 6) is -0.118. The van der Waals surface area contributed by atoms with Crippen LogP contribution >= 0.6 is 11.6 Å². The molecule has 1 aliphatic rings. The molecule has 0 spiro atoms. The molecule has 1 amide bonds. The smallest absolute Gasteiger partial charge is 0.497 e. The number of ether oxygens (including phenoxy) is 3. The normalized spacial score (nSPS) is 15.2. The fourth-order valence-electron chi connectivity index (χ4n) is 5.07. The molecule has 0 fully saturated rings. The van der Waals surface area contributed by atoms with Crippen molar-refractivity contribution >= 4 is 34.6 Å². The van der Waals surface area contributed by atoms with Gasteiger partial charge in [0.15, 0.2) is 5.60 Å². The second kappa shape index (κ2) is 13.3. The van der Waals surface area contributed by atoms with Gasteiger partial charge in [-0.05, 0) is 56.7 Å². The zero-order valence-corrected chi connectivity index (χ0v) is 27.3. The third-order valence-corrected chi connectivity index (χ3v) is 7.71. The minimum absolute atomic E-state index is 0.192. The van der Waals surface area contributed by atoms with E-state index in [1.807, 2.05) is 13.8 Å². The Morgan fingerprint density at radius 3 is 2.41 bits per heavy atom. The number of carbonyl (C=O) groups excluding carboxylic acids is 1. The number of rotatable bonds is 11. The Hall–Kier alpha value is -4.16. The van der Waals surface area contributed by atoms with Gasteiger partial charge in [-0.2, -0.15) is 0 Å². The first-order valence-electron chi connectivity index (χ1n) is 14.3. The zero-order chi connectivity index (χ0) is 34.0. The van der Waals surface area contributed by atoms with Crippen LogP contribution in [0.5, 0.6) is 17.2 Å². The standard InChI is InChI=1S/C33H37ClF3N3O6/c1-19(39-46-32(4,5)18-41)20-12-22(15-24(13-20)43-6)38-29(25-10-8-21(34)14-28(25)44-7)30(42)40-17-31(2,3)26-11-9-23(16-27(26)40)45-33(35,36)37/h8-16,29,38,41H,17-18H2,1-7H3/b39-19+. The van der Waals surface area contributed by atoms with Crippen molar-refractivity contribution in [2.75, 3.05) is 37.6 Å². The molecule has 0 aliphatic carbocycles. The van der Waals surface area contributed by atoms with Gasteiger partial charge in [0.2, 0.25) is 0 Å². The molecule has 13 heteroatoms. The largest absolute Gasteiger partial charge is 0.573 e. The molecule has 2 N–H and O–H groups in total. The van der Waals surface area contributed by atoms with Crippen molar-refractivity contribution in [1.82, 2.24) is 0 Å². The summed E-state index contributed by atoms with van der Waals surface area (Å²) >= 11 is 6.25. The first-order chi connectivity index (χ1) is 21.5. The summed E-state index contributed by atoms with van der Waals surface area (Å²) in [6, 6.07) is 12.9. The van der Waals surface area contributed by atoms with Crippen LogP contribution in [0.4, 0.5) is 24.5 Å². The van der Waals surface area contributed by atoms with Crippen molar-refractivity contribution in [2.24, 2.45) is 5.16 Å². The first kappa shape index (κ1) is 34.7. The van der Waals surface area contributed by atoms with Crippen LogP contribution in [0.3, 0.4) is 0 Å². The summed E-state index contributed by atoms with van der Waals surface area (Å²) in [5, 5.41) is 17.4. The minimum atomic E-state index is -4.90. The number of alkyl halides is 3. The molecule has 4 rings (SSSR count). The maximum atomic E-state index is 14.6. The van der Waals surface area contributed by atoms with E-state index in [2.05, 4.69) is 15.2 Å². The van der Waals surface area contributed by atoms with Crippen LogP contribution in [0.1, 0.15) is 57.4 Å². The second-order valence-corrected chi connectivity index (χ2v) is 12.6. The van der Waals surface area contributed by atoms with E-state index in [4.69, 9.17) is 25.9 Å². The van der Waals surface area contributed by atoms with Gasteiger partial charge in [0, 0.05) is 45.9 Å². The van der Waals surface area contributed by atoms with E-state index < -0.39 is 35.1 Å². The highest BCUT2D eigenvalue weighted by atomic mass is 35.5. The fraction of sp³-hybridized carbons (Fsp3) is 0.394. The molecule has 0 radical (unpaired) electrons. The van der Waals surface area contributed by atoms with E-state index >= 15 is 0 Å². The van der Waals surface area contributed by atoms with Gasteiger partial charge >= 0.3 is 6.36 Å². The van der Waals surface area contributed by atoms with Crippen LogP contribution in [0.15, 0.2) is 59.8 Å².